The number of imidazole rings is 1. The van der Waals surface area contributed by atoms with Crippen molar-refractivity contribution in [3.05, 3.63) is 38.7 Å². The second-order valence-corrected chi connectivity index (χ2v) is 11.7. The van der Waals surface area contributed by atoms with Gasteiger partial charge in [-0.15, -0.1) is 11.3 Å². The van der Waals surface area contributed by atoms with Crippen molar-refractivity contribution in [1.29, 1.82) is 0 Å². The highest BCUT2D eigenvalue weighted by atomic mass is 79.9. The number of carbonyl (C=O) groups excluding carboxylic acids is 1. The van der Waals surface area contributed by atoms with E-state index in [1.165, 1.54) is 22.5 Å². The molecule has 30 heavy (non-hydrogen) atoms. The van der Waals surface area contributed by atoms with E-state index in [0.29, 0.717) is 4.88 Å². The lowest BCUT2D eigenvalue weighted by Crippen LogP contribution is -2.62. The average Bonchev–Trinajstić information content (AvgIpc) is 3.23. The smallest absolute Gasteiger partial charge is 0.261 e. The third kappa shape index (κ3) is 4.20. The van der Waals surface area contributed by atoms with Gasteiger partial charge >= 0.3 is 0 Å². The Morgan fingerprint density at radius 2 is 1.83 bits per heavy atom. The van der Waals surface area contributed by atoms with Gasteiger partial charge in [0, 0.05) is 21.6 Å². The van der Waals surface area contributed by atoms with Gasteiger partial charge in [0.15, 0.2) is 0 Å². The number of amides is 1. The molecular weight excluding hydrogens is 460 g/mol. The lowest BCUT2D eigenvalue weighted by Gasteiger charge is -2.46. The Morgan fingerprint density at radius 3 is 2.50 bits per heavy atom. The number of nitrogens with one attached hydrogen (secondary N) is 3. The summed E-state index contributed by atoms with van der Waals surface area (Å²) in [5.74, 6) is 0.800. The Kier molecular flexibility index (Phi) is 5.36. The molecule has 0 saturated carbocycles. The maximum atomic E-state index is 12.9. The number of piperidine rings is 1. The molecule has 1 aromatic carbocycles. The molecular formula is C23H29BrN4OS. The summed E-state index contributed by atoms with van der Waals surface area (Å²) in [5.41, 5.74) is 4.36. The number of carbonyl (C=O) groups is 1. The van der Waals surface area contributed by atoms with Gasteiger partial charge in [-0.05, 0) is 83.7 Å². The number of hydrogen-bond donors (Lipinski definition) is 3. The largest absolute Gasteiger partial charge is 0.348 e. The fourth-order valence-electron chi connectivity index (χ4n) is 4.76. The number of fused-ring (bicyclic) bond motifs is 1. The van der Waals surface area contributed by atoms with Crippen LogP contribution in [0.25, 0.3) is 21.7 Å². The highest BCUT2D eigenvalue weighted by Crippen LogP contribution is 2.33. The fourth-order valence-corrected chi connectivity index (χ4v) is 6.12. The van der Waals surface area contributed by atoms with Crippen LogP contribution in [0.3, 0.4) is 0 Å². The fraction of sp³-hybridized carbons (Fsp3) is 0.478. The first-order valence-corrected chi connectivity index (χ1v) is 11.9. The Balaban J connectivity index is 1.55. The van der Waals surface area contributed by atoms with Crippen molar-refractivity contribution in [2.75, 3.05) is 0 Å². The Labute approximate surface area is 190 Å². The number of thiophene rings is 1. The zero-order valence-electron chi connectivity index (χ0n) is 18.4. The van der Waals surface area contributed by atoms with E-state index in [-0.39, 0.29) is 23.0 Å². The van der Waals surface area contributed by atoms with Crippen molar-refractivity contribution in [2.24, 2.45) is 0 Å². The number of rotatable bonds is 3. The molecule has 1 aliphatic rings. The van der Waals surface area contributed by atoms with E-state index >= 15 is 0 Å². The molecule has 0 unspecified atom stereocenters. The molecule has 4 rings (SSSR count). The molecule has 3 heterocycles. The van der Waals surface area contributed by atoms with E-state index < -0.39 is 0 Å². The van der Waals surface area contributed by atoms with E-state index in [9.17, 15) is 4.79 Å². The predicted octanol–water partition coefficient (Wildman–Crippen LogP) is 5.71. The molecule has 3 N–H and O–H groups in total. The summed E-state index contributed by atoms with van der Waals surface area (Å²) in [4.78, 5) is 22.8. The van der Waals surface area contributed by atoms with Crippen LogP contribution >= 0.6 is 27.3 Å². The Morgan fingerprint density at radius 1 is 1.17 bits per heavy atom. The SMILES string of the molecule is Cc1c(Br)cc2nc(-c3ccc(C(=O)NC4CC(C)(C)NC(C)(C)C4)s3)[nH]c2c1C. The summed E-state index contributed by atoms with van der Waals surface area (Å²) in [6.45, 7) is 13.0. The lowest BCUT2D eigenvalue weighted by atomic mass is 9.79. The molecule has 1 amide bonds. The number of aryl methyl sites for hydroxylation is 1. The van der Waals surface area contributed by atoms with Gasteiger partial charge in [0.1, 0.15) is 5.82 Å². The van der Waals surface area contributed by atoms with Crippen molar-refractivity contribution in [3.8, 4) is 10.7 Å². The van der Waals surface area contributed by atoms with Crippen LogP contribution < -0.4 is 10.6 Å². The van der Waals surface area contributed by atoms with Crippen LogP contribution in [0.1, 0.15) is 61.3 Å². The topological polar surface area (TPSA) is 69.8 Å². The minimum Gasteiger partial charge on any atom is -0.348 e. The maximum absolute atomic E-state index is 12.9. The quantitative estimate of drug-likeness (QED) is 0.442. The van der Waals surface area contributed by atoms with Crippen LogP contribution in [0.4, 0.5) is 0 Å². The molecule has 1 fully saturated rings. The number of aromatic nitrogens is 2. The molecule has 0 aliphatic carbocycles. The third-order valence-corrected chi connectivity index (χ3v) is 7.79. The number of halogens is 1. The Hall–Kier alpha value is -1.70. The molecule has 5 nitrogen and oxygen atoms in total. The first-order chi connectivity index (χ1) is 13.9. The summed E-state index contributed by atoms with van der Waals surface area (Å²) in [6, 6.07) is 6.07. The molecule has 0 radical (unpaired) electrons. The summed E-state index contributed by atoms with van der Waals surface area (Å²) in [7, 11) is 0. The monoisotopic (exact) mass is 488 g/mol. The normalized spacial score (nSPS) is 18.6. The first kappa shape index (κ1) is 21.5. The van der Waals surface area contributed by atoms with Gasteiger partial charge in [-0.3, -0.25) is 4.79 Å². The summed E-state index contributed by atoms with van der Waals surface area (Å²) in [6.07, 6.45) is 1.83. The number of aromatic amines is 1. The average molecular weight is 489 g/mol. The second-order valence-electron chi connectivity index (χ2n) is 9.72. The number of hydrogen-bond acceptors (Lipinski definition) is 4. The van der Waals surface area contributed by atoms with E-state index in [0.717, 1.165) is 39.0 Å². The molecule has 0 atom stereocenters. The van der Waals surface area contributed by atoms with Crippen molar-refractivity contribution in [3.63, 3.8) is 0 Å². The highest BCUT2D eigenvalue weighted by Gasteiger charge is 2.38. The van der Waals surface area contributed by atoms with Gasteiger partial charge in [-0.2, -0.15) is 0 Å². The number of H-pyrrole nitrogens is 1. The first-order valence-electron chi connectivity index (χ1n) is 10.3. The summed E-state index contributed by atoms with van der Waals surface area (Å²) >= 11 is 5.09. The molecule has 160 valence electrons. The molecule has 2 aromatic heterocycles. The minimum absolute atomic E-state index is 0.00114. The zero-order chi connectivity index (χ0) is 21.8. The van der Waals surface area contributed by atoms with Crippen LogP contribution in [0.15, 0.2) is 22.7 Å². The zero-order valence-corrected chi connectivity index (χ0v) is 20.8. The third-order valence-electron chi connectivity index (χ3n) is 5.88. The van der Waals surface area contributed by atoms with Crippen LogP contribution in [0, 0.1) is 13.8 Å². The highest BCUT2D eigenvalue weighted by molar-refractivity contribution is 9.10. The molecule has 7 heteroatoms. The van der Waals surface area contributed by atoms with Crippen LogP contribution in [-0.4, -0.2) is 33.0 Å². The molecule has 3 aromatic rings. The molecule has 0 bridgehead atoms. The standard InChI is InChI=1S/C23H29BrN4OS/c1-12-13(2)19-16(9-15(12)24)26-20(27-19)17-7-8-18(30-17)21(29)25-14-10-22(3,4)28-23(5,6)11-14/h7-9,14,28H,10-11H2,1-6H3,(H,25,29)(H,26,27). The number of benzene rings is 1. The molecule has 0 spiro atoms. The minimum atomic E-state index is -0.00405. The van der Waals surface area contributed by atoms with Gasteiger partial charge in [0.2, 0.25) is 0 Å². The van der Waals surface area contributed by atoms with Gasteiger partial charge in [0.25, 0.3) is 5.91 Å². The molecule has 1 aliphatic heterocycles. The van der Waals surface area contributed by atoms with Crippen molar-refractivity contribution in [1.82, 2.24) is 20.6 Å². The van der Waals surface area contributed by atoms with E-state index in [4.69, 9.17) is 4.98 Å². The Bertz CT molecular complexity index is 1110. The van der Waals surface area contributed by atoms with E-state index in [1.807, 2.05) is 18.2 Å². The van der Waals surface area contributed by atoms with Gasteiger partial charge in [-0.25, -0.2) is 4.98 Å². The number of nitrogens with zero attached hydrogens (tertiary/aromatic N) is 1. The predicted molar refractivity (Wildman–Crippen MR) is 128 cm³/mol. The van der Waals surface area contributed by atoms with Crippen molar-refractivity contribution >= 4 is 44.2 Å². The molecule has 1 saturated heterocycles. The summed E-state index contributed by atoms with van der Waals surface area (Å²) in [5, 5.41) is 6.92. The van der Waals surface area contributed by atoms with Crippen molar-refractivity contribution in [2.45, 2.75) is 71.5 Å². The van der Waals surface area contributed by atoms with E-state index in [2.05, 4.69) is 73.1 Å². The van der Waals surface area contributed by atoms with Gasteiger partial charge in [0.05, 0.1) is 20.8 Å². The van der Waals surface area contributed by atoms with Gasteiger partial charge in [-0.1, -0.05) is 15.9 Å². The van der Waals surface area contributed by atoms with Crippen LogP contribution in [0.2, 0.25) is 0 Å². The van der Waals surface area contributed by atoms with E-state index in [1.54, 1.807) is 0 Å². The van der Waals surface area contributed by atoms with Crippen LogP contribution in [0.5, 0.6) is 0 Å². The summed E-state index contributed by atoms with van der Waals surface area (Å²) < 4.78 is 1.06. The van der Waals surface area contributed by atoms with Crippen molar-refractivity contribution < 1.29 is 4.79 Å². The maximum Gasteiger partial charge on any atom is 0.261 e. The van der Waals surface area contributed by atoms with Gasteiger partial charge < -0.3 is 15.6 Å². The second kappa shape index (κ2) is 7.46. The van der Waals surface area contributed by atoms with Crippen LogP contribution in [-0.2, 0) is 0 Å². The lowest BCUT2D eigenvalue weighted by molar-refractivity contribution is 0.0877.